The van der Waals surface area contributed by atoms with Crippen LogP contribution in [0.4, 0.5) is 11.4 Å². The average molecular weight is 309 g/mol. The summed E-state index contributed by atoms with van der Waals surface area (Å²) >= 11 is 0. The van der Waals surface area contributed by atoms with Crippen molar-refractivity contribution < 1.29 is 9.59 Å². The molecule has 0 aromatic carbocycles. The molecule has 116 valence electrons. The summed E-state index contributed by atoms with van der Waals surface area (Å²) in [6, 6.07) is 7.14. The first-order chi connectivity index (χ1) is 11.1. The van der Waals surface area contributed by atoms with E-state index < -0.39 is 5.91 Å². The second kappa shape index (κ2) is 6.27. The van der Waals surface area contributed by atoms with E-state index in [-0.39, 0.29) is 19.0 Å². The summed E-state index contributed by atoms with van der Waals surface area (Å²) in [5.41, 5.74) is 7.83. The number of nitrogens with zero attached hydrogens (tertiary/aromatic N) is 3. The van der Waals surface area contributed by atoms with E-state index in [1.165, 1.54) is 0 Å². The highest BCUT2D eigenvalue weighted by atomic mass is 16.2. The van der Waals surface area contributed by atoms with E-state index in [0.717, 1.165) is 5.69 Å². The molecule has 0 unspecified atom stereocenters. The van der Waals surface area contributed by atoms with Gasteiger partial charge in [0, 0.05) is 24.5 Å². The maximum absolute atomic E-state index is 12.2. The Morgan fingerprint density at radius 2 is 2.09 bits per heavy atom. The molecular weight excluding hydrogens is 294 g/mol. The van der Waals surface area contributed by atoms with E-state index in [1.807, 2.05) is 6.07 Å². The molecule has 3 heterocycles. The number of hydrogen-bond donors (Lipinski definition) is 2. The Morgan fingerprint density at radius 3 is 2.83 bits per heavy atom. The van der Waals surface area contributed by atoms with Crippen LogP contribution in [-0.4, -0.2) is 34.9 Å². The normalized spacial score (nSPS) is 13.0. The minimum Gasteiger partial charge on any atom is -0.366 e. The van der Waals surface area contributed by atoms with Crippen molar-refractivity contribution in [2.75, 3.05) is 23.3 Å². The molecule has 0 aliphatic carbocycles. The summed E-state index contributed by atoms with van der Waals surface area (Å²) in [5.74, 6) is -0.725. The second-order valence-corrected chi connectivity index (χ2v) is 5.09. The number of aromatic nitrogens is 2. The van der Waals surface area contributed by atoms with Crippen molar-refractivity contribution in [3.63, 3.8) is 0 Å². The third-order valence-electron chi connectivity index (χ3n) is 3.43. The fourth-order valence-electron chi connectivity index (χ4n) is 2.39. The molecule has 1 aliphatic heterocycles. The lowest BCUT2D eigenvalue weighted by atomic mass is 10.1. The molecular formula is C16H15N5O2. The first-order valence-corrected chi connectivity index (χ1v) is 7.04. The largest absolute Gasteiger partial charge is 0.366 e. The summed E-state index contributed by atoms with van der Waals surface area (Å²) in [6.45, 7) is 0.354. The van der Waals surface area contributed by atoms with Gasteiger partial charge in [-0.2, -0.15) is 0 Å². The summed E-state index contributed by atoms with van der Waals surface area (Å²) in [5, 5.41) is 2.76. The van der Waals surface area contributed by atoms with Gasteiger partial charge < -0.3 is 16.0 Å². The van der Waals surface area contributed by atoms with Crippen molar-refractivity contribution in [3.05, 3.63) is 54.1 Å². The quantitative estimate of drug-likeness (QED) is 0.870. The maximum atomic E-state index is 12.2. The number of nitrogens with two attached hydrogens (primary N) is 1. The van der Waals surface area contributed by atoms with Gasteiger partial charge >= 0.3 is 0 Å². The predicted molar refractivity (Wildman–Crippen MR) is 86.5 cm³/mol. The number of pyridine rings is 2. The zero-order chi connectivity index (χ0) is 16.2. The van der Waals surface area contributed by atoms with Crippen molar-refractivity contribution >= 4 is 29.3 Å². The molecule has 0 spiro atoms. The van der Waals surface area contributed by atoms with Crippen LogP contribution in [-0.2, 0) is 9.59 Å². The SMILES string of the molecule is NC(=O)C1=Cc2ncccc2N(CC(=O)Nc2cccnc2)C1. The topological polar surface area (TPSA) is 101 Å². The Hall–Kier alpha value is -3.22. The molecule has 0 radical (unpaired) electrons. The molecule has 0 saturated carbocycles. The fourth-order valence-corrected chi connectivity index (χ4v) is 2.39. The molecule has 3 N–H and O–H groups in total. The number of nitrogens with one attached hydrogen (secondary N) is 1. The molecule has 2 amide bonds. The third-order valence-corrected chi connectivity index (χ3v) is 3.43. The van der Waals surface area contributed by atoms with Crippen LogP contribution in [0.25, 0.3) is 6.08 Å². The van der Waals surface area contributed by atoms with Crippen LogP contribution in [0.1, 0.15) is 5.69 Å². The van der Waals surface area contributed by atoms with Crippen LogP contribution in [0.5, 0.6) is 0 Å². The van der Waals surface area contributed by atoms with Crippen LogP contribution >= 0.6 is 0 Å². The molecule has 0 bridgehead atoms. The minimum absolute atomic E-state index is 0.0816. The highest BCUT2D eigenvalue weighted by molar-refractivity contribution is 6.01. The first kappa shape index (κ1) is 14.7. The average Bonchev–Trinajstić information content (AvgIpc) is 2.55. The van der Waals surface area contributed by atoms with E-state index >= 15 is 0 Å². The van der Waals surface area contributed by atoms with E-state index in [0.29, 0.717) is 17.0 Å². The van der Waals surface area contributed by atoms with E-state index in [1.54, 1.807) is 47.8 Å². The van der Waals surface area contributed by atoms with E-state index in [2.05, 4.69) is 15.3 Å². The number of rotatable bonds is 4. The number of hydrogen-bond acceptors (Lipinski definition) is 5. The van der Waals surface area contributed by atoms with Gasteiger partial charge in [0.05, 0.1) is 29.8 Å². The van der Waals surface area contributed by atoms with Gasteiger partial charge in [-0.15, -0.1) is 0 Å². The number of amides is 2. The lowest BCUT2D eigenvalue weighted by Crippen LogP contribution is -2.39. The number of carbonyl (C=O) groups excluding carboxylic acids is 2. The molecule has 2 aromatic heterocycles. The zero-order valence-electron chi connectivity index (χ0n) is 12.3. The van der Waals surface area contributed by atoms with Crippen molar-refractivity contribution in [2.45, 2.75) is 0 Å². The molecule has 1 aliphatic rings. The molecule has 23 heavy (non-hydrogen) atoms. The molecule has 0 saturated heterocycles. The highest BCUT2D eigenvalue weighted by Crippen LogP contribution is 2.26. The molecule has 0 fully saturated rings. The molecule has 2 aromatic rings. The fraction of sp³-hybridized carbons (Fsp3) is 0.125. The van der Waals surface area contributed by atoms with Gasteiger partial charge in [0.2, 0.25) is 11.8 Å². The summed E-state index contributed by atoms with van der Waals surface area (Å²) in [6.07, 6.45) is 6.49. The number of carbonyl (C=O) groups is 2. The van der Waals surface area contributed by atoms with Crippen molar-refractivity contribution in [1.82, 2.24) is 9.97 Å². The van der Waals surface area contributed by atoms with Crippen molar-refractivity contribution in [1.29, 1.82) is 0 Å². The Bertz CT molecular complexity index is 773. The van der Waals surface area contributed by atoms with Gasteiger partial charge in [0.15, 0.2) is 0 Å². The van der Waals surface area contributed by atoms with E-state index in [4.69, 9.17) is 5.73 Å². The number of anilines is 2. The molecule has 7 nitrogen and oxygen atoms in total. The molecule has 0 atom stereocenters. The number of fused-ring (bicyclic) bond motifs is 1. The first-order valence-electron chi connectivity index (χ1n) is 7.04. The Balaban J connectivity index is 1.78. The van der Waals surface area contributed by atoms with Gasteiger partial charge in [0.1, 0.15) is 0 Å². The van der Waals surface area contributed by atoms with Gasteiger partial charge in [-0.3, -0.25) is 19.6 Å². The highest BCUT2D eigenvalue weighted by Gasteiger charge is 2.23. The van der Waals surface area contributed by atoms with Gasteiger partial charge in [-0.25, -0.2) is 0 Å². The summed E-state index contributed by atoms with van der Waals surface area (Å²) < 4.78 is 0. The second-order valence-electron chi connectivity index (χ2n) is 5.09. The Morgan fingerprint density at radius 1 is 1.26 bits per heavy atom. The lowest BCUT2D eigenvalue weighted by molar-refractivity contribution is -0.116. The summed E-state index contributed by atoms with van der Waals surface area (Å²) in [7, 11) is 0. The predicted octanol–water partition coefficient (Wildman–Crippen LogP) is 0.804. The molecule has 7 heteroatoms. The monoisotopic (exact) mass is 309 g/mol. The van der Waals surface area contributed by atoms with Gasteiger partial charge in [-0.1, -0.05) is 0 Å². The molecule has 3 rings (SSSR count). The van der Waals surface area contributed by atoms with E-state index in [9.17, 15) is 9.59 Å². The standard InChI is InChI=1S/C16H15N5O2/c17-16(23)11-7-13-14(4-2-6-19-13)21(9-11)10-15(22)20-12-3-1-5-18-8-12/h1-8H,9-10H2,(H2,17,23)(H,20,22). The van der Waals surface area contributed by atoms with Crippen LogP contribution < -0.4 is 16.0 Å². The third kappa shape index (κ3) is 3.34. The van der Waals surface area contributed by atoms with Gasteiger partial charge in [0.25, 0.3) is 0 Å². The Kier molecular flexibility index (Phi) is 4.01. The van der Waals surface area contributed by atoms with Gasteiger partial charge in [-0.05, 0) is 30.3 Å². The Labute approximate surface area is 132 Å². The lowest BCUT2D eigenvalue weighted by Gasteiger charge is -2.29. The minimum atomic E-state index is -0.515. The van der Waals surface area contributed by atoms with Crippen molar-refractivity contribution in [3.8, 4) is 0 Å². The van der Waals surface area contributed by atoms with Crippen molar-refractivity contribution in [2.24, 2.45) is 5.73 Å². The summed E-state index contributed by atoms with van der Waals surface area (Å²) in [4.78, 5) is 33.7. The van der Waals surface area contributed by atoms with Crippen LogP contribution in [0.3, 0.4) is 0 Å². The maximum Gasteiger partial charge on any atom is 0.246 e. The van der Waals surface area contributed by atoms with Crippen LogP contribution in [0, 0.1) is 0 Å². The zero-order valence-corrected chi connectivity index (χ0v) is 12.3. The number of primary amides is 1. The van der Waals surface area contributed by atoms with Crippen LogP contribution in [0.15, 0.2) is 48.4 Å². The smallest absolute Gasteiger partial charge is 0.246 e. The van der Waals surface area contributed by atoms with Crippen LogP contribution in [0.2, 0.25) is 0 Å².